The van der Waals surface area contributed by atoms with Gasteiger partial charge in [0.25, 0.3) is 5.91 Å². The zero-order valence-electron chi connectivity index (χ0n) is 8.05. The van der Waals surface area contributed by atoms with Crippen LogP contribution in [0, 0.1) is 5.92 Å². The fourth-order valence-electron chi connectivity index (χ4n) is 2.02. The number of para-hydroxylation sites is 1. The van der Waals surface area contributed by atoms with Crippen LogP contribution in [0.1, 0.15) is 0 Å². The van der Waals surface area contributed by atoms with Crippen molar-refractivity contribution in [3.05, 3.63) is 59.1 Å². The summed E-state index contributed by atoms with van der Waals surface area (Å²) in [7, 11) is 0. The highest BCUT2D eigenvalue weighted by molar-refractivity contribution is 5.94. The van der Waals surface area contributed by atoms with Crippen molar-refractivity contribution < 1.29 is 4.79 Å². The third kappa shape index (κ3) is 1.18. The predicted molar refractivity (Wildman–Crippen MR) is 57.4 cm³/mol. The van der Waals surface area contributed by atoms with Crippen molar-refractivity contribution in [1.82, 2.24) is 0 Å². The van der Waals surface area contributed by atoms with E-state index in [2.05, 4.69) is 4.99 Å². The number of carbonyl (C=O) groups is 1. The van der Waals surface area contributed by atoms with Crippen LogP contribution in [-0.2, 0) is 4.79 Å². The highest BCUT2D eigenvalue weighted by atomic mass is 16.1. The van der Waals surface area contributed by atoms with Crippen molar-refractivity contribution in [2.24, 2.45) is 10.9 Å². The molecule has 0 saturated carbocycles. The van der Waals surface area contributed by atoms with Crippen LogP contribution < -0.4 is 10.6 Å². The van der Waals surface area contributed by atoms with E-state index in [1.807, 2.05) is 48.6 Å². The first-order chi connectivity index (χ1) is 7.36. The van der Waals surface area contributed by atoms with Crippen LogP contribution in [-0.4, -0.2) is 5.91 Å². The minimum absolute atomic E-state index is 0.0655. The summed E-state index contributed by atoms with van der Waals surface area (Å²) in [6.45, 7) is 0. The third-order valence-electron chi connectivity index (χ3n) is 2.74. The normalized spacial score (nSPS) is 22.0. The number of carbonyl (C=O) groups excluding carboxylic acids is 1. The molecule has 0 saturated heterocycles. The van der Waals surface area contributed by atoms with Gasteiger partial charge in [0.1, 0.15) is 0 Å². The zero-order chi connectivity index (χ0) is 10.3. The maximum Gasteiger partial charge on any atom is 0.257 e. The van der Waals surface area contributed by atoms with Crippen molar-refractivity contribution in [2.75, 3.05) is 0 Å². The Bertz CT molecular complexity index is 608. The Hall–Kier alpha value is -1.96. The molecule has 1 heterocycles. The number of allylic oxidation sites excluding steroid dienone is 3. The van der Waals surface area contributed by atoms with Gasteiger partial charge in [0.2, 0.25) is 0 Å². The summed E-state index contributed by atoms with van der Waals surface area (Å²) in [6.07, 6.45) is 7.75. The first-order valence-electron chi connectivity index (χ1n) is 4.93. The Morgan fingerprint density at radius 2 is 2.00 bits per heavy atom. The van der Waals surface area contributed by atoms with Gasteiger partial charge < -0.3 is 0 Å². The van der Waals surface area contributed by atoms with E-state index in [4.69, 9.17) is 0 Å². The van der Waals surface area contributed by atoms with Gasteiger partial charge in [-0.05, 0) is 11.6 Å². The Kier molecular flexibility index (Phi) is 1.68. The second kappa shape index (κ2) is 3.02. The molecule has 0 fully saturated rings. The van der Waals surface area contributed by atoms with E-state index in [1.165, 1.54) is 0 Å². The molecule has 0 bridgehead atoms. The highest BCUT2D eigenvalue weighted by Crippen LogP contribution is 2.20. The molecule has 0 N–H and O–H groups in total. The number of hydrogen-bond donors (Lipinski definition) is 0. The number of hydrogen-bond acceptors (Lipinski definition) is 1. The van der Waals surface area contributed by atoms with Crippen molar-refractivity contribution in [3.8, 4) is 0 Å². The van der Waals surface area contributed by atoms with Gasteiger partial charge >= 0.3 is 0 Å². The van der Waals surface area contributed by atoms with Crippen molar-refractivity contribution in [2.45, 2.75) is 0 Å². The lowest BCUT2D eigenvalue weighted by atomic mass is 9.90. The van der Waals surface area contributed by atoms with Crippen LogP contribution in [0.4, 0.5) is 0 Å². The number of nitrogens with zero attached hydrogens (tertiary/aromatic N) is 1. The van der Waals surface area contributed by atoms with E-state index in [0.29, 0.717) is 0 Å². The van der Waals surface area contributed by atoms with Crippen molar-refractivity contribution in [1.29, 1.82) is 0 Å². The fraction of sp³-hybridized carbons (Fsp3) is 0.0769. The van der Waals surface area contributed by atoms with Gasteiger partial charge in [0, 0.05) is 5.22 Å². The summed E-state index contributed by atoms with van der Waals surface area (Å²) in [5, 5.41) is 1.86. The molecule has 1 unspecified atom stereocenters. The molecular formula is C13H9NO. The largest absolute Gasteiger partial charge is 0.272 e. The number of fused-ring (bicyclic) bond motifs is 2. The molecule has 1 aliphatic heterocycles. The molecule has 1 aromatic rings. The quantitative estimate of drug-likeness (QED) is 0.600. The zero-order valence-corrected chi connectivity index (χ0v) is 8.05. The van der Waals surface area contributed by atoms with E-state index in [9.17, 15) is 4.79 Å². The van der Waals surface area contributed by atoms with Crippen LogP contribution in [0.25, 0.3) is 5.57 Å². The molecule has 0 spiro atoms. The van der Waals surface area contributed by atoms with E-state index in [0.717, 1.165) is 16.1 Å². The average molecular weight is 195 g/mol. The minimum Gasteiger partial charge on any atom is -0.272 e. The van der Waals surface area contributed by atoms with E-state index in [-0.39, 0.29) is 11.8 Å². The standard InChI is InChI=1S/C13H9NO/c15-13-11-7-2-1-5-9(11)10-6-3-4-8-12(10)14-13/h1-8,11H. The number of benzene rings is 1. The first kappa shape index (κ1) is 8.36. The summed E-state index contributed by atoms with van der Waals surface area (Å²) in [5.41, 5.74) is 1.06. The monoisotopic (exact) mass is 195 g/mol. The van der Waals surface area contributed by atoms with Crippen molar-refractivity contribution >= 4 is 11.5 Å². The average Bonchev–Trinajstić information content (AvgIpc) is 2.30. The summed E-state index contributed by atoms with van der Waals surface area (Å²) in [5.74, 6) is -0.241. The Labute approximate surface area is 87.0 Å². The second-order valence-electron chi connectivity index (χ2n) is 3.64. The van der Waals surface area contributed by atoms with Gasteiger partial charge in [-0.25, -0.2) is 4.99 Å². The summed E-state index contributed by atoms with van der Waals surface area (Å²) in [4.78, 5) is 15.8. The predicted octanol–water partition coefficient (Wildman–Crippen LogP) is 0.739. The molecule has 1 aliphatic carbocycles. The molecular weight excluding hydrogens is 186 g/mol. The molecule has 2 aliphatic rings. The molecule has 0 aromatic heterocycles. The fourth-order valence-corrected chi connectivity index (χ4v) is 2.02. The van der Waals surface area contributed by atoms with Gasteiger partial charge in [-0.3, -0.25) is 4.79 Å². The maximum absolute atomic E-state index is 11.7. The van der Waals surface area contributed by atoms with Crippen LogP contribution in [0.2, 0.25) is 0 Å². The third-order valence-corrected chi connectivity index (χ3v) is 2.74. The Balaban J connectivity index is 2.45. The molecule has 1 atom stereocenters. The maximum atomic E-state index is 11.7. The SMILES string of the molecule is O=C1N=c2ccccc2=C2C=CC=CC12. The first-order valence-corrected chi connectivity index (χ1v) is 4.93. The van der Waals surface area contributed by atoms with E-state index < -0.39 is 0 Å². The highest BCUT2D eigenvalue weighted by Gasteiger charge is 2.23. The molecule has 0 radical (unpaired) electrons. The minimum atomic E-state index is -0.176. The molecule has 72 valence electrons. The smallest absolute Gasteiger partial charge is 0.257 e. The lowest BCUT2D eigenvalue weighted by molar-refractivity contribution is -0.119. The molecule has 1 amide bonds. The van der Waals surface area contributed by atoms with Gasteiger partial charge in [-0.15, -0.1) is 0 Å². The van der Waals surface area contributed by atoms with Gasteiger partial charge in [0.15, 0.2) is 0 Å². The molecule has 15 heavy (non-hydrogen) atoms. The summed E-state index contributed by atoms with van der Waals surface area (Å²) >= 11 is 0. The van der Waals surface area contributed by atoms with Crippen molar-refractivity contribution in [3.63, 3.8) is 0 Å². The van der Waals surface area contributed by atoms with Gasteiger partial charge in [-0.1, -0.05) is 42.5 Å². The van der Waals surface area contributed by atoms with Gasteiger partial charge in [-0.2, -0.15) is 0 Å². The molecule has 1 aromatic carbocycles. The molecule has 2 nitrogen and oxygen atoms in total. The molecule has 3 rings (SSSR count). The summed E-state index contributed by atoms with van der Waals surface area (Å²) < 4.78 is 0. The summed E-state index contributed by atoms with van der Waals surface area (Å²) in [6, 6.07) is 7.76. The number of amides is 1. The van der Waals surface area contributed by atoms with E-state index >= 15 is 0 Å². The van der Waals surface area contributed by atoms with Crippen LogP contribution in [0.5, 0.6) is 0 Å². The van der Waals surface area contributed by atoms with Crippen LogP contribution in [0.3, 0.4) is 0 Å². The van der Waals surface area contributed by atoms with Gasteiger partial charge in [0.05, 0.1) is 11.3 Å². The van der Waals surface area contributed by atoms with E-state index in [1.54, 1.807) is 0 Å². The lowest BCUT2D eigenvalue weighted by Gasteiger charge is -2.16. The topological polar surface area (TPSA) is 29.4 Å². The second-order valence-corrected chi connectivity index (χ2v) is 3.64. The Morgan fingerprint density at radius 3 is 2.93 bits per heavy atom. The molecule has 2 heteroatoms. The van der Waals surface area contributed by atoms with Crippen LogP contribution in [0.15, 0.2) is 53.6 Å². The van der Waals surface area contributed by atoms with Crippen LogP contribution >= 0.6 is 0 Å². The number of rotatable bonds is 0. The Morgan fingerprint density at radius 1 is 1.13 bits per heavy atom. The lowest BCUT2D eigenvalue weighted by Crippen LogP contribution is -2.36.